The van der Waals surface area contributed by atoms with Crippen molar-refractivity contribution in [3.05, 3.63) is 40.9 Å². The molecule has 15 heavy (non-hydrogen) atoms. The molecule has 1 rings (SSSR count). The van der Waals surface area contributed by atoms with Crippen molar-refractivity contribution in [2.24, 2.45) is 5.73 Å². The highest BCUT2D eigenvalue weighted by Gasteiger charge is 2.00. The van der Waals surface area contributed by atoms with Crippen LogP contribution in [0.1, 0.15) is 0 Å². The van der Waals surface area contributed by atoms with Crippen LogP contribution in [0, 0.1) is 5.41 Å². The predicted octanol–water partition coefficient (Wildman–Crippen LogP) is 2.00. The van der Waals surface area contributed by atoms with Crippen molar-refractivity contribution in [1.82, 2.24) is 5.43 Å². The Morgan fingerprint density at radius 1 is 1.47 bits per heavy atom. The maximum Gasteiger partial charge on any atom is 0.182 e. The lowest BCUT2D eigenvalue weighted by Gasteiger charge is -2.10. The third-order valence-corrected chi connectivity index (χ3v) is 1.92. The van der Waals surface area contributed by atoms with Crippen molar-refractivity contribution in [3.63, 3.8) is 0 Å². The number of hydrogen-bond acceptors (Lipinski definition) is 4. The Balaban J connectivity index is 2.66. The number of hydrogen-bond donors (Lipinski definition) is 4. The van der Waals surface area contributed by atoms with Crippen LogP contribution in [0.5, 0.6) is 0 Å². The van der Waals surface area contributed by atoms with E-state index in [2.05, 4.69) is 10.9 Å². The molecular formula is C9H10ClFN4. The van der Waals surface area contributed by atoms with Crippen molar-refractivity contribution >= 4 is 23.5 Å². The molecule has 0 radical (unpaired) electrons. The highest BCUT2D eigenvalue weighted by atomic mass is 35.5. The molecule has 0 aliphatic heterocycles. The number of rotatable bonds is 4. The summed E-state index contributed by atoms with van der Waals surface area (Å²) in [6.07, 6.45) is 0.511. The fraction of sp³-hybridized carbons (Fsp3) is 0. The predicted molar refractivity (Wildman–Crippen MR) is 59.3 cm³/mol. The van der Waals surface area contributed by atoms with Gasteiger partial charge in [-0.3, -0.25) is 10.9 Å². The molecule has 0 aliphatic rings. The van der Waals surface area contributed by atoms with Gasteiger partial charge in [0.15, 0.2) is 11.6 Å². The third-order valence-electron chi connectivity index (χ3n) is 1.59. The van der Waals surface area contributed by atoms with E-state index in [4.69, 9.17) is 22.7 Å². The number of hydrazine groups is 1. The first-order chi connectivity index (χ1) is 7.15. The van der Waals surface area contributed by atoms with Crippen LogP contribution in [0.4, 0.5) is 10.1 Å². The van der Waals surface area contributed by atoms with Gasteiger partial charge in [0.1, 0.15) is 0 Å². The van der Waals surface area contributed by atoms with Crippen LogP contribution in [0.25, 0.3) is 0 Å². The first-order valence-corrected chi connectivity index (χ1v) is 4.45. The van der Waals surface area contributed by atoms with E-state index in [0.29, 0.717) is 16.9 Å². The number of para-hydroxylation sites is 1. The van der Waals surface area contributed by atoms with Crippen LogP contribution >= 0.6 is 11.6 Å². The van der Waals surface area contributed by atoms with Crippen LogP contribution in [0.2, 0.25) is 5.02 Å². The van der Waals surface area contributed by atoms with Gasteiger partial charge in [0, 0.05) is 0 Å². The Morgan fingerprint density at radius 3 is 2.73 bits per heavy atom. The lowest BCUT2D eigenvalue weighted by atomic mass is 10.3. The van der Waals surface area contributed by atoms with Gasteiger partial charge in [-0.2, -0.15) is 0 Å². The second-order valence-corrected chi connectivity index (χ2v) is 3.04. The lowest BCUT2D eigenvalue weighted by molar-refractivity contribution is 0.655. The Kier molecular flexibility index (Phi) is 3.93. The van der Waals surface area contributed by atoms with E-state index in [1.54, 1.807) is 24.3 Å². The molecule has 5 N–H and O–H groups in total. The van der Waals surface area contributed by atoms with Gasteiger partial charge in [-0.05, 0) is 12.1 Å². The number of nitrogens with two attached hydrogens (primary N) is 1. The number of anilines is 1. The van der Waals surface area contributed by atoms with E-state index in [1.807, 2.05) is 0 Å². The molecule has 0 aliphatic carbocycles. The van der Waals surface area contributed by atoms with E-state index in [1.165, 1.54) is 0 Å². The summed E-state index contributed by atoms with van der Waals surface area (Å²) < 4.78 is 12.7. The van der Waals surface area contributed by atoms with Crippen molar-refractivity contribution in [3.8, 4) is 0 Å². The minimum atomic E-state index is -0.852. The van der Waals surface area contributed by atoms with Gasteiger partial charge in [0.2, 0.25) is 0 Å². The molecule has 0 aromatic heterocycles. The van der Waals surface area contributed by atoms with Crippen LogP contribution in [-0.2, 0) is 0 Å². The Bertz CT molecular complexity index is 391. The molecule has 1 aromatic carbocycles. The summed E-state index contributed by atoms with van der Waals surface area (Å²) in [5.41, 5.74) is 10.8. The molecule has 0 spiro atoms. The maximum atomic E-state index is 12.7. The van der Waals surface area contributed by atoms with E-state index < -0.39 is 5.83 Å². The summed E-state index contributed by atoms with van der Waals surface area (Å²) >= 11 is 5.82. The number of halogens is 2. The lowest BCUT2D eigenvalue weighted by Crippen LogP contribution is -2.27. The zero-order chi connectivity index (χ0) is 11.3. The van der Waals surface area contributed by atoms with E-state index in [-0.39, 0.29) is 5.82 Å². The average Bonchev–Trinajstić information content (AvgIpc) is 2.26. The molecule has 0 heterocycles. The van der Waals surface area contributed by atoms with Crippen molar-refractivity contribution in [2.45, 2.75) is 0 Å². The molecule has 6 heteroatoms. The first-order valence-electron chi connectivity index (χ1n) is 4.07. The highest BCUT2D eigenvalue weighted by Crippen LogP contribution is 2.19. The van der Waals surface area contributed by atoms with Crippen LogP contribution in [-0.4, -0.2) is 6.21 Å². The third kappa shape index (κ3) is 3.14. The number of allylic oxidation sites excluding steroid dienone is 1. The molecule has 80 valence electrons. The van der Waals surface area contributed by atoms with E-state index in [9.17, 15) is 4.39 Å². The van der Waals surface area contributed by atoms with Gasteiger partial charge >= 0.3 is 0 Å². The van der Waals surface area contributed by atoms with Gasteiger partial charge < -0.3 is 11.1 Å². The smallest absolute Gasteiger partial charge is 0.182 e. The van der Waals surface area contributed by atoms with Gasteiger partial charge in [-0.15, -0.1) is 0 Å². The SMILES string of the molecule is N=C/C(F)=C(\N)NNc1ccccc1Cl. The summed E-state index contributed by atoms with van der Waals surface area (Å²) in [4.78, 5) is 0. The van der Waals surface area contributed by atoms with Crippen LogP contribution in [0.3, 0.4) is 0 Å². The maximum absolute atomic E-state index is 12.7. The molecule has 0 atom stereocenters. The van der Waals surface area contributed by atoms with Gasteiger partial charge in [0.25, 0.3) is 0 Å². The number of benzene rings is 1. The van der Waals surface area contributed by atoms with Crippen LogP contribution in [0.15, 0.2) is 35.9 Å². The fourth-order valence-electron chi connectivity index (χ4n) is 0.835. The van der Waals surface area contributed by atoms with Gasteiger partial charge in [-0.1, -0.05) is 23.7 Å². The first kappa shape index (κ1) is 11.3. The summed E-state index contributed by atoms with van der Waals surface area (Å²) in [6.45, 7) is 0. The average molecular weight is 229 g/mol. The topological polar surface area (TPSA) is 73.9 Å². The largest absolute Gasteiger partial charge is 0.382 e. The molecule has 0 fully saturated rings. The molecule has 0 saturated carbocycles. The van der Waals surface area contributed by atoms with E-state index >= 15 is 0 Å². The summed E-state index contributed by atoms with van der Waals surface area (Å²) in [5, 5.41) is 7.11. The van der Waals surface area contributed by atoms with Crippen molar-refractivity contribution in [1.29, 1.82) is 5.41 Å². The molecule has 0 unspecified atom stereocenters. The monoisotopic (exact) mass is 228 g/mol. The summed E-state index contributed by atoms with van der Waals surface area (Å²) in [5.74, 6) is -1.13. The minimum Gasteiger partial charge on any atom is -0.382 e. The minimum absolute atomic E-state index is 0.273. The molecule has 1 aromatic rings. The number of nitrogens with one attached hydrogen (secondary N) is 3. The Labute approximate surface area is 91.4 Å². The molecular weight excluding hydrogens is 219 g/mol. The zero-order valence-electron chi connectivity index (χ0n) is 7.72. The van der Waals surface area contributed by atoms with Crippen molar-refractivity contribution < 1.29 is 4.39 Å². The summed E-state index contributed by atoms with van der Waals surface area (Å²) in [6, 6.07) is 6.91. The Hall–Kier alpha value is -1.75. The standard InChI is InChI=1S/C9H10ClFN4/c10-6-3-1-2-4-8(6)14-15-9(13)7(11)5-12/h1-5,12,14-15H,13H2/b9-7-,12-5?. The molecule has 0 saturated heterocycles. The van der Waals surface area contributed by atoms with Gasteiger partial charge in [-0.25, -0.2) is 4.39 Å². The van der Waals surface area contributed by atoms with Crippen molar-refractivity contribution in [2.75, 3.05) is 5.43 Å². The normalized spacial score (nSPS) is 11.6. The summed E-state index contributed by atoms with van der Waals surface area (Å²) in [7, 11) is 0. The Morgan fingerprint density at radius 2 is 2.13 bits per heavy atom. The second-order valence-electron chi connectivity index (χ2n) is 2.64. The van der Waals surface area contributed by atoms with Crippen LogP contribution < -0.4 is 16.6 Å². The zero-order valence-corrected chi connectivity index (χ0v) is 8.48. The highest BCUT2D eigenvalue weighted by molar-refractivity contribution is 6.33. The fourth-order valence-corrected chi connectivity index (χ4v) is 1.02. The van der Waals surface area contributed by atoms with Gasteiger partial charge in [0.05, 0.1) is 16.9 Å². The molecule has 0 bridgehead atoms. The quantitative estimate of drug-likeness (QED) is 0.471. The molecule has 0 amide bonds. The molecule has 4 nitrogen and oxygen atoms in total. The second kappa shape index (κ2) is 5.21. The van der Waals surface area contributed by atoms with E-state index in [0.717, 1.165) is 0 Å².